The summed E-state index contributed by atoms with van der Waals surface area (Å²) in [6, 6.07) is 42.6. The Labute approximate surface area is 837 Å². The van der Waals surface area contributed by atoms with E-state index in [1.54, 1.807) is 86.6 Å². The van der Waals surface area contributed by atoms with Crippen LogP contribution in [0.2, 0.25) is 40.2 Å². The molecule has 2 heterocycles. The predicted octanol–water partition coefficient (Wildman–Crippen LogP) is 26.4. The van der Waals surface area contributed by atoms with Gasteiger partial charge in [0.1, 0.15) is 46.0 Å². The minimum atomic E-state index is -0.701. The molecule has 19 nitrogen and oxygen atoms in total. The van der Waals surface area contributed by atoms with Gasteiger partial charge in [0, 0.05) is 63.6 Å². The molecule has 2 aliphatic heterocycles. The second-order valence-corrected chi connectivity index (χ2v) is 40.6. The van der Waals surface area contributed by atoms with E-state index in [4.69, 9.17) is 147 Å². The number of ether oxygens (including phenoxy) is 7. The van der Waals surface area contributed by atoms with Crippen molar-refractivity contribution in [2.45, 2.75) is 257 Å². The average molecular weight is 2110 g/mol. The smallest absolute Gasteiger partial charge is 0.168 e. The van der Waals surface area contributed by atoms with E-state index in [2.05, 4.69) is 55.5 Å². The molecule has 0 aromatic heterocycles. The summed E-state index contributed by atoms with van der Waals surface area (Å²) in [5.74, 6) is 4.97. The Kier molecular flexibility index (Phi) is 45.6. The number of aliphatic hydroxyl groups excluding tert-OH is 6. The van der Waals surface area contributed by atoms with Gasteiger partial charge in [-0.25, -0.2) is 0 Å². The molecule has 7 aliphatic carbocycles. The second kappa shape index (κ2) is 54.7. The van der Waals surface area contributed by atoms with Gasteiger partial charge in [-0.3, -0.25) is 9.59 Å². The van der Waals surface area contributed by atoms with Crippen LogP contribution >= 0.6 is 125 Å². The van der Waals surface area contributed by atoms with E-state index >= 15 is 0 Å². The summed E-state index contributed by atoms with van der Waals surface area (Å²) < 4.78 is 41.3. The lowest BCUT2D eigenvalue weighted by Gasteiger charge is -2.25. The Hall–Kier alpha value is -5.58. The molecule has 9 fully saturated rings. The quantitative estimate of drug-likeness (QED) is 0.0174. The molecule has 0 spiro atoms. The minimum Gasteiger partial charge on any atom is -0.506 e. The van der Waals surface area contributed by atoms with Crippen LogP contribution in [-0.4, -0.2) is 158 Å². The zero-order valence-corrected chi connectivity index (χ0v) is 84.7. The summed E-state index contributed by atoms with van der Waals surface area (Å²) in [7, 11) is 0. The molecule has 724 valence electrons. The van der Waals surface area contributed by atoms with Crippen molar-refractivity contribution in [3.63, 3.8) is 0 Å². The van der Waals surface area contributed by atoms with Gasteiger partial charge in [0.2, 0.25) is 0 Å². The second-order valence-electron chi connectivity index (χ2n) is 35.5. The third-order valence-electron chi connectivity index (χ3n) is 23.3. The molecule has 29 heteroatoms. The van der Waals surface area contributed by atoms with E-state index in [0.717, 1.165) is 185 Å². The highest BCUT2D eigenvalue weighted by atomic mass is 79.9. The number of Topliss-reactive ketones (excluding diaryl/α,β-unsaturated/α-hetero) is 2. The van der Waals surface area contributed by atoms with E-state index < -0.39 is 30.3 Å². The normalized spacial score (nSPS) is 18.3. The lowest BCUT2D eigenvalue weighted by Crippen LogP contribution is -2.40. The predicted molar refractivity (Wildman–Crippen MR) is 539 cm³/mol. The fourth-order valence-electron chi connectivity index (χ4n) is 13.5. The van der Waals surface area contributed by atoms with Crippen molar-refractivity contribution < 1.29 is 78.5 Å². The summed E-state index contributed by atoms with van der Waals surface area (Å²) in [4.78, 5) is 28.5. The van der Waals surface area contributed by atoms with Crippen LogP contribution < -0.4 is 38.9 Å². The molecule has 17 rings (SSSR count). The SMILES string of the molecule is C.CC[C@@H](C)C(=O)c1ccc(OC2CC2)c(Cl)c1.CC[C@@H](C)[C@H](O)c1ccc(OC2CC2)c(Cl)c1.C[C@H](CN1CCCC1)[C@H](O)c1ccc(OC2CC2)c(Cl)c1.C[C@H](CO)C(=O)c1ccc(OC2CC2)c(Cl)c1.C[C@H](CO)[C@H](O)c1ccc(OC2CC2)c(Cl)c1.Clc1cc(Br)ccc1OC1CC1.N[C@H](CN1CCCC1)[C@H](O)c1ccc(OC2CC2)c(Cl)c1.Oc1ccc(Br)cc1Cl. The zero-order chi connectivity index (χ0) is 94.7. The molecular weight excluding hydrogens is 1980 g/mol. The minimum absolute atomic E-state index is 0. The van der Waals surface area contributed by atoms with Gasteiger partial charge in [0.05, 0.1) is 114 Å². The number of likely N-dealkylation sites (tertiary alicyclic amines) is 2. The van der Waals surface area contributed by atoms with Crippen molar-refractivity contribution >= 4 is 136 Å². The number of hydrogen-bond donors (Lipinski definition) is 8. The van der Waals surface area contributed by atoms with Gasteiger partial charge in [-0.2, -0.15) is 0 Å². The van der Waals surface area contributed by atoms with Crippen LogP contribution in [0.5, 0.6) is 46.0 Å². The largest absolute Gasteiger partial charge is 0.506 e. The van der Waals surface area contributed by atoms with E-state index in [0.29, 0.717) is 116 Å². The Balaban J connectivity index is 0.000000171. The third kappa shape index (κ3) is 37.3. The Morgan fingerprint density at radius 3 is 0.909 bits per heavy atom. The van der Waals surface area contributed by atoms with Gasteiger partial charge in [-0.05, 0) is 304 Å². The van der Waals surface area contributed by atoms with Gasteiger partial charge in [0.15, 0.2) is 11.6 Å². The molecule has 2 saturated heterocycles. The van der Waals surface area contributed by atoms with Crippen LogP contribution in [0.1, 0.15) is 252 Å². The number of ketones is 2. The van der Waals surface area contributed by atoms with Gasteiger partial charge >= 0.3 is 0 Å². The first-order valence-electron chi connectivity index (χ1n) is 45.9. The number of phenols is 1. The number of carbonyl (C=O) groups excluding carboxylic acids is 2. The molecule has 9 N–H and O–H groups in total. The molecule has 0 radical (unpaired) electrons. The maximum atomic E-state index is 12.0. The lowest BCUT2D eigenvalue weighted by molar-refractivity contribution is 0.0769. The number of carbonyl (C=O) groups is 2. The standard InChI is InChI=1S/C17H24ClNO2.C16H23ClN2O2.C14H19ClO2.C14H17ClO2.C13H17ClO3.C13H15ClO3.C9H8BrClO.C6H4BrClO.CH4/c1-12(11-19-8-2-3-9-19)17(20)13-4-7-16(15(18)10-13)21-14-5-6-14;17-13-9-11(3-6-15(13)21-12-4-5-12)16(20)14(18)10-19-7-1-2-8-19;2*1-3-9(2)14(16)10-4-7-13(12(15)8-10)17-11-5-6-11;2*1-8(7-15)13(16)9-2-5-12(11(14)6-9)17-10-3-4-10;10-6-1-4-9(8(11)5-6)12-7-2-3-7;7-4-1-2-6(9)5(8)3-4;/h4,7,10,12,14,17,20H,2-3,5-6,8-9,11H2,1H3;3,6,9,12,14,16,20H,1-2,4-5,7-8,10,18H2;4,7-9,11,14,16H,3,5-6H2,1-2H3;4,7-9,11H,3,5-6H2,1-2H3;2,5-6,8,10,13,15-16H,3-4,7H2,1H3;2,5-6,8,10,15H,3-4,7H2,1H3;1,4-5,7H,2-3H2;1-3,9H;1H4/t12-,17+;14-,16-;9-,14+;9-;8-,13+;8-;;;/m111111.../s1. The van der Waals surface area contributed by atoms with Crippen LogP contribution in [0.15, 0.2) is 155 Å². The highest BCUT2D eigenvalue weighted by Crippen LogP contribution is 2.43. The molecule has 10 atom stereocenters. The Bertz CT molecular complexity index is 4680. The van der Waals surface area contributed by atoms with Gasteiger partial charge in [-0.1, -0.05) is 211 Å². The zero-order valence-electron chi connectivity index (χ0n) is 75.5. The molecule has 132 heavy (non-hydrogen) atoms. The fourth-order valence-corrected chi connectivity index (χ4v) is 16.3. The van der Waals surface area contributed by atoms with Crippen molar-refractivity contribution in [2.24, 2.45) is 35.3 Å². The summed E-state index contributed by atoms with van der Waals surface area (Å²) in [6.45, 7) is 19.5. The van der Waals surface area contributed by atoms with Crippen LogP contribution in [0, 0.1) is 29.6 Å². The third-order valence-corrected chi connectivity index (χ3v) is 26.7. The number of aromatic hydroxyl groups is 1. The molecule has 7 saturated carbocycles. The molecule has 0 unspecified atom stereocenters. The monoisotopic (exact) mass is 2100 g/mol. The van der Waals surface area contributed by atoms with Crippen molar-refractivity contribution in [1.29, 1.82) is 0 Å². The number of nitrogens with two attached hydrogens (primary N) is 1. The van der Waals surface area contributed by atoms with E-state index in [1.807, 2.05) is 87.5 Å². The molecular formula is C103H131Br2Cl8N3O16. The first-order valence-corrected chi connectivity index (χ1v) is 50.5. The first-order chi connectivity index (χ1) is 62.7. The number of rotatable bonds is 34. The number of nitrogens with zero attached hydrogens (tertiary/aromatic N) is 2. The number of phenolic OH excluding ortho intramolecular Hbond substituents is 1. The Morgan fingerprint density at radius 1 is 0.356 bits per heavy atom. The van der Waals surface area contributed by atoms with Crippen LogP contribution in [0.25, 0.3) is 0 Å². The average Bonchev–Trinajstić information content (AvgIpc) is 1.80. The number of benzene rings is 8. The van der Waals surface area contributed by atoms with E-state index in [1.165, 1.54) is 31.7 Å². The molecule has 0 amide bonds. The Morgan fingerprint density at radius 2 is 0.629 bits per heavy atom. The lowest BCUT2D eigenvalue weighted by atomic mass is 9.95. The summed E-state index contributed by atoms with van der Waals surface area (Å²) in [6.07, 6.45) is 22.3. The van der Waals surface area contributed by atoms with E-state index in [9.17, 15) is 30.0 Å². The molecule has 9 aliphatic rings. The number of aliphatic hydroxyl groups is 6. The van der Waals surface area contributed by atoms with Crippen LogP contribution in [-0.2, 0) is 0 Å². The van der Waals surface area contributed by atoms with Crippen molar-refractivity contribution in [3.05, 3.63) is 228 Å². The van der Waals surface area contributed by atoms with Crippen LogP contribution in [0.3, 0.4) is 0 Å². The molecule has 8 aromatic rings. The van der Waals surface area contributed by atoms with E-state index in [-0.39, 0.29) is 73.8 Å². The summed E-state index contributed by atoms with van der Waals surface area (Å²) in [5.41, 5.74) is 10.5. The first kappa shape index (κ1) is 110. The highest BCUT2D eigenvalue weighted by molar-refractivity contribution is 9.10. The van der Waals surface area contributed by atoms with Crippen molar-refractivity contribution in [1.82, 2.24) is 9.80 Å². The van der Waals surface area contributed by atoms with Gasteiger partial charge in [0.25, 0.3) is 0 Å². The van der Waals surface area contributed by atoms with Crippen molar-refractivity contribution in [2.75, 3.05) is 52.5 Å². The van der Waals surface area contributed by atoms with Crippen molar-refractivity contribution in [3.8, 4) is 46.0 Å². The van der Waals surface area contributed by atoms with Gasteiger partial charge < -0.3 is 84.4 Å². The summed E-state index contributed by atoms with van der Waals surface area (Å²) in [5, 5.41) is 72.1. The molecule has 8 aromatic carbocycles. The topological polar surface area (TPSA) is 273 Å². The number of halogens is 10. The summed E-state index contributed by atoms with van der Waals surface area (Å²) >= 11 is 54.9. The highest BCUT2D eigenvalue weighted by Gasteiger charge is 2.33. The number of hydrogen-bond acceptors (Lipinski definition) is 19. The maximum absolute atomic E-state index is 12.0. The fraction of sp³-hybridized carbons (Fsp3) is 0.515. The maximum Gasteiger partial charge on any atom is 0.168 e. The van der Waals surface area contributed by atoms with Gasteiger partial charge in [-0.15, -0.1) is 0 Å². The van der Waals surface area contributed by atoms with Crippen LogP contribution in [0.4, 0.5) is 0 Å². The molecule has 0 bridgehead atoms.